The molecule has 0 radical (unpaired) electrons. The molecule has 1 N–H and O–H groups in total. The average Bonchev–Trinajstić information content (AvgIpc) is 2.85. The van der Waals surface area contributed by atoms with Crippen LogP contribution in [-0.2, 0) is 18.6 Å². The Bertz CT molecular complexity index is 828. The summed E-state index contributed by atoms with van der Waals surface area (Å²) in [5, 5.41) is 12.1. The lowest BCUT2D eigenvalue weighted by Gasteiger charge is -2.51. The van der Waals surface area contributed by atoms with Crippen LogP contribution in [0.5, 0.6) is 0 Å². The zero-order chi connectivity index (χ0) is 21.1. The molecule has 0 saturated carbocycles. The van der Waals surface area contributed by atoms with Crippen LogP contribution in [0.1, 0.15) is 56.6 Å². The van der Waals surface area contributed by atoms with Crippen molar-refractivity contribution >= 4 is 0 Å². The molecule has 3 nitrogen and oxygen atoms in total. The fourth-order valence-corrected chi connectivity index (χ4v) is 6.30. The number of fused-ring (bicyclic) bond motifs is 3. The van der Waals surface area contributed by atoms with E-state index < -0.39 is 5.60 Å². The molecule has 4 heterocycles. The average molecular weight is 421 g/mol. The van der Waals surface area contributed by atoms with Gasteiger partial charge in [0.25, 0.3) is 0 Å². The summed E-state index contributed by atoms with van der Waals surface area (Å²) in [5.41, 5.74) is 3.13. The summed E-state index contributed by atoms with van der Waals surface area (Å²) >= 11 is 0. The Morgan fingerprint density at radius 1 is 0.839 bits per heavy atom. The molecule has 0 spiro atoms. The van der Waals surface area contributed by atoms with Gasteiger partial charge in [0.05, 0.1) is 5.60 Å². The van der Waals surface area contributed by atoms with Crippen molar-refractivity contribution in [3.05, 3.63) is 71.3 Å². The minimum atomic E-state index is -0.739. The van der Waals surface area contributed by atoms with Gasteiger partial charge >= 0.3 is 0 Å². The number of aliphatic hydroxyl groups is 1. The number of hydrogen-bond acceptors (Lipinski definition) is 3. The maximum absolute atomic E-state index is 12.1. The van der Waals surface area contributed by atoms with Gasteiger partial charge in [0, 0.05) is 20.4 Å². The molecule has 3 heteroatoms. The van der Waals surface area contributed by atoms with E-state index in [1.807, 2.05) is 0 Å². The summed E-state index contributed by atoms with van der Waals surface area (Å²) in [5.74, 6) is 0.998. The third-order valence-electron chi connectivity index (χ3n) is 8.22. The topological polar surface area (TPSA) is 26.7 Å². The Labute approximate surface area is 189 Å². The minimum Gasteiger partial charge on any atom is -0.385 e. The number of benzene rings is 2. The standard InChI is InChI=1S/C28H38N2O.H2/c31-28(26-7-3-1-4-8-26,27-22-30-19-14-25(27)15-20-30)16-13-23-9-11-24(12-10-23)21-29-17-5-2-6-18-29;/h1,3-4,7-12,25,27,31H,2,5-6,13-22H2;1H. The van der Waals surface area contributed by atoms with E-state index in [0.717, 1.165) is 31.5 Å². The maximum atomic E-state index is 12.1. The molecular weight excluding hydrogens is 380 g/mol. The predicted molar refractivity (Wildman–Crippen MR) is 129 cm³/mol. The lowest BCUT2D eigenvalue weighted by atomic mass is 9.66. The zero-order valence-electron chi connectivity index (χ0n) is 18.9. The van der Waals surface area contributed by atoms with Gasteiger partial charge in [-0.25, -0.2) is 0 Å². The Morgan fingerprint density at radius 2 is 1.52 bits per heavy atom. The van der Waals surface area contributed by atoms with Gasteiger partial charge in [0.1, 0.15) is 0 Å². The van der Waals surface area contributed by atoms with Crippen molar-refractivity contribution in [1.29, 1.82) is 0 Å². The fourth-order valence-electron chi connectivity index (χ4n) is 6.30. The molecule has 31 heavy (non-hydrogen) atoms. The highest BCUT2D eigenvalue weighted by Gasteiger charge is 2.47. The normalized spacial score (nSPS) is 28.4. The van der Waals surface area contributed by atoms with E-state index in [2.05, 4.69) is 64.4 Å². The molecule has 4 aliphatic heterocycles. The van der Waals surface area contributed by atoms with Crippen molar-refractivity contribution in [2.75, 3.05) is 32.7 Å². The summed E-state index contributed by atoms with van der Waals surface area (Å²) in [7, 11) is 0. The van der Waals surface area contributed by atoms with Crippen molar-refractivity contribution in [1.82, 2.24) is 9.80 Å². The number of rotatable bonds is 7. The summed E-state index contributed by atoms with van der Waals surface area (Å²) in [4.78, 5) is 5.15. The van der Waals surface area contributed by atoms with Crippen LogP contribution in [0.25, 0.3) is 0 Å². The SMILES string of the molecule is OC(CCc1ccc(CN2CCCCC2)cc1)(c1ccccc1)C1CN2CCC1CC2.[HH]. The smallest absolute Gasteiger partial charge is 0.0942 e. The van der Waals surface area contributed by atoms with Crippen molar-refractivity contribution < 1.29 is 6.53 Å². The van der Waals surface area contributed by atoms with E-state index in [1.54, 1.807) is 0 Å². The molecule has 2 atom stereocenters. The first-order valence-electron chi connectivity index (χ1n) is 12.5. The van der Waals surface area contributed by atoms with Gasteiger partial charge in [-0.3, -0.25) is 4.90 Å². The van der Waals surface area contributed by atoms with Crippen LogP contribution < -0.4 is 0 Å². The molecule has 6 rings (SSSR count). The molecule has 2 aromatic rings. The van der Waals surface area contributed by atoms with Gasteiger partial charge in [-0.2, -0.15) is 0 Å². The van der Waals surface area contributed by atoms with Gasteiger partial charge in [-0.05, 0) is 87.3 Å². The van der Waals surface area contributed by atoms with E-state index >= 15 is 0 Å². The number of nitrogens with zero attached hydrogens (tertiary/aromatic N) is 2. The fraction of sp³-hybridized carbons (Fsp3) is 0.571. The minimum absolute atomic E-state index is 0. The Kier molecular flexibility index (Phi) is 6.45. The lowest BCUT2D eigenvalue weighted by molar-refractivity contribution is -0.106. The number of piperidine rings is 4. The van der Waals surface area contributed by atoms with Gasteiger partial charge < -0.3 is 10.0 Å². The van der Waals surface area contributed by atoms with E-state index in [0.29, 0.717) is 11.8 Å². The Hall–Kier alpha value is -1.68. The molecule has 0 aliphatic carbocycles. The van der Waals surface area contributed by atoms with Crippen LogP contribution in [0.3, 0.4) is 0 Å². The van der Waals surface area contributed by atoms with Crippen molar-refractivity contribution in [2.24, 2.45) is 11.8 Å². The largest absolute Gasteiger partial charge is 0.385 e. The number of hydrogen-bond donors (Lipinski definition) is 1. The van der Waals surface area contributed by atoms with E-state index in [9.17, 15) is 5.11 Å². The van der Waals surface area contributed by atoms with Crippen LogP contribution in [0.2, 0.25) is 0 Å². The van der Waals surface area contributed by atoms with Crippen molar-refractivity contribution in [3.63, 3.8) is 0 Å². The third-order valence-corrected chi connectivity index (χ3v) is 8.22. The molecule has 4 fully saturated rings. The van der Waals surface area contributed by atoms with Gasteiger partial charge in [0.2, 0.25) is 0 Å². The van der Waals surface area contributed by atoms with Gasteiger partial charge in [-0.1, -0.05) is 61.0 Å². The molecule has 2 unspecified atom stereocenters. The van der Waals surface area contributed by atoms with Gasteiger partial charge in [-0.15, -0.1) is 0 Å². The van der Waals surface area contributed by atoms with E-state index in [-0.39, 0.29) is 1.43 Å². The number of likely N-dealkylation sites (tertiary alicyclic amines) is 1. The maximum Gasteiger partial charge on any atom is 0.0942 e. The molecule has 4 aliphatic rings. The van der Waals surface area contributed by atoms with E-state index in [4.69, 9.17) is 0 Å². The predicted octanol–water partition coefficient (Wildman–Crippen LogP) is 5.08. The van der Waals surface area contributed by atoms with Crippen LogP contribution >= 0.6 is 0 Å². The van der Waals surface area contributed by atoms with Crippen LogP contribution in [0, 0.1) is 11.8 Å². The van der Waals surface area contributed by atoms with Gasteiger partial charge in [0.15, 0.2) is 0 Å². The summed E-state index contributed by atoms with van der Waals surface area (Å²) in [6, 6.07) is 19.7. The highest BCUT2D eigenvalue weighted by atomic mass is 16.3. The van der Waals surface area contributed by atoms with Crippen molar-refractivity contribution in [3.8, 4) is 0 Å². The second-order valence-electron chi connectivity index (χ2n) is 10.2. The van der Waals surface area contributed by atoms with Crippen molar-refractivity contribution in [2.45, 2.75) is 57.1 Å². The molecule has 4 saturated heterocycles. The summed E-state index contributed by atoms with van der Waals surface area (Å²) in [6.07, 6.45) is 8.29. The molecule has 0 amide bonds. The first-order chi connectivity index (χ1) is 15.2. The summed E-state index contributed by atoms with van der Waals surface area (Å²) < 4.78 is 0. The molecule has 168 valence electrons. The first-order valence-corrected chi connectivity index (χ1v) is 12.5. The monoisotopic (exact) mass is 420 g/mol. The highest BCUT2D eigenvalue weighted by Crippen LogP contribution is 2.45. The Balaban J connectivity index is 0.00000245. The second kappa shape index (κ2) is 9.44. The second-order valence-corrected chi connectivity index (χ2v) is 10.2. The first kappa shape index (κ1) is 21.2. The molecule has 2 bridgehead atoms. The molecular formula is C28H40N2O. The van der Waals surface area contributed by atoms with Crippen LogP contribution in [0.4, 0.5) is 0 Å². The third kappa shape index (κ3) is 4.74. The quantitative estimate of drug-likeness (QED) is 0.677. The molecule has 2 aromatic carbocycles. The Morgan fingerprint density at radius 3 is 2.16 bits per heavy atom. The summed E-state index contributed by atoms with van der Waals surface area (Å²) in [6.45, 7) is 7.03. The van der Waals surface area contributed by atoms with Crippen LogP contribution in [0.15, 0.2) is 54.6 Å². The van der Waals surface area contributed by atoms with E-state index in [1.165, 1.54) is 69.4 Å². The zero-order valence-corrected chi connectivity index (χ0v) is 18.9. The van der Waals surface area contributed by atoms with Crippen LogP contribution in [-0.4, -0.2) is 47.6 Å². The molecule has 0 aromatic heterocycles. The number of aryl methyl sites for hydroxylation is 1. The highest BCUT2D eigenvalue weighted by molar-refractivity contribution is 5.27. The lowest BCUT2D eigenvalue weighted by Crippen LogP contribution is -2.55.